The first kappa shape index (κ1) is 9.89. The predicted molar refractivity (Wildman–Crippen MR) is 50.3 cm³/mol. The largest absolute Gasteiger partial charge is 0.264 e. The fourth-order valence-corrected chi connectivity index (χ4v) is 0.615. The van der Waals surface area contributed by atoms with Crippen LogP contribution in [0.25, 0.3) is 5.57 Å². The second-order valence-electron chi connectivity index (χ2n) is 2.02. The van der Waals surface area contributed by atoms with E-state index in [9.17, 15) is 0 Å². The maximum atomic E-state index is 3.95. The third kappa shape index (κ3) is 3.56. The molecular weight excluding hydrogens is 134 g/mol. The number of pyridine rings is 1. The molecule has 0 atom stereocenters. The lowest BCUT2D eigenvalue weighted by molar-refractivity contribution is 1.31. The van der Waals surface area contributed by atoms with E-state index in [0.29, 0.717) is 0 Å². The highest BCUT2D eigenvalue weighted by atomic mass is 14.6. The summed E-state index contributed by atoms with van der Waals surface area (Å²) in [6, 6.07) is 3.90. The number of allylic oxidation sites excluding steroid dienone is 1. The Morgan fingerprint density at radius 3 is 2.36 bits per heavy atom. The lowest BCUT2D eigenvalue weighted by Crippen LogP contribution is -1.76. The van der Waals surface area contributed by atoms with E-state index in [2.05, 4.69) is 11.6 Å². The molecule has 0 fully saturated rings. The minimum atomic E-state index is 1.06. The maximum Gasteiger partial charge on any atom is 0.0342 e. The molecule has 60 valence electrons. The first-order chi connectivity index (χ1) is 5.30. The minimum Gasteiger partial charge on any atom is -0.264 e. The summed E-state index contributed by atoms with van der Waals surface area (Å²) >= 11 is 0. The molecule has 0 aromatic carbocycles. The van der Waals surface area contributed by atoms with E-state index < -0.39 is 0 Å². The van der Waals surface area contributed by atoms with Crippen LogP contribution in [0.15, 0.2) is 31.1 Å². The van der Waals surface area contributed by atoms with Crippen molar-refractivity contribution >= 4 is 5.57 Å². The highest BCUT2D eigenvalue weighted by Gasteiger charge is 1.87. The van der Waals surface area contributed by atoms with Crippen LogP contribution in [0.2, 0.25) is 0 Å². The Balaban J connectivity index is 0.000000461. The summed E-state index contributed by atoms with van der Waals surface area (Å²) < 4.78 is 0. The molecule has 0 saturated carbocycles. The van der Waals surface area contributed by atoms with E-state index in [1.54, 1.807) is 6.20 Å². The molecule has 0 radical (unpaired) electrons. The Bertz CT molecular complexity index is 201. The lowest BCUT2D eigenvalue weighted by Gasteiger charge is -1.93. The molecule has 0 unspecified atom stereocenters. The van der Waals surface area contributed by atoms with Gasteiger partial charge in [-0.05, 0) is 24.1 Å². The molecule has 0 N–H and O–H groups in total. The van der Waals surface area contributed by atoms with E-state index in [-0.39, 0.29) is 0 Å². The summed E-state index contributed by atoms with van der Waals surface area (Å²) in [4.78, 5) is 3.95. The molecule has 1 aromatic heterocycles. The van der Waals surface area contributed by atoms with Gasteiger partial charge < -0.3 is 0 Å². The van der Waals surface area contributed by atoms with Gasteiger partial charge in [0, 0.05) is 12.4 Å². The van der Waals surface area contributed by atoms with E-state index in [1.165, 1.54) is 0 Å². The van der Waals surface area contributed by atoms with Gasteiger partial charge >= 0.3 is 0 Å². The van der Waals surface area contributed by atoms with Gasteiger partial charge in [-0.1, -0.05) is 26.5 Å². The van der Waals surface area contributed by atoms with Crippen LogP contribution in [0.4, 0.5) is 0 Å². The van der Waals surface area contributed by atoms with Gasteiger partial charge in [0.2, 0.25) is 0 Å². The SMILES string of the molecule is C=C(C)c1cccnc1.CC. The lowest BCUT2D eigenvalue weighted by atomic mass is 10.2. The molecule has 0 amide bonds. The van der Waals surface area contributed by atoms with Gasteiger partial charge in [-0.15, -0.1) is 0 Å². The third-order valence-corrected chi connectivity index (χ3v) is 1.15. The molecule has 0 aliphatic carbocycles. The quantitative estimate of drug-likeness (QED) is 0.597. The van der Waals surface area contributed by atoms with Crippen LogP contribution in [0.5, 0.6) is 0 Å². The number of hydrogen-bond acceptors (Lipinski definition) is 1. The van der Waals surface area contributed by atoms with Gasteiger partial charge in [-0.2, -0.15) is 0 Å². The van der Waals surface area contributed by atoms with Gasteiger partial charge in [-0.3, -0.25) is 4.98 Å². The summed E-state index contributed by atoms with van der Waals surface area (Å²) in [6.45, 7) is 9.75. The van der Waals surface area contributed by atoms with Crippen molar-refractivity contribution in [3.63, 3.8) is 0 Å². The molecular formula is C10H15N. The molecule has 1 heterocycles. The monoisotopic (exact) mass is 149 g/mol. The van der Waals surface area contributed by atoms with Crippen molar-refractivity contribution in [2.45, 2.75) is 20.8 Å². The molecule has 0 bridgehead atoms. The third-order valence-electron chi connectivity index (χ3n) is 1.15. The van der Waals surface area contributed by atoms with Crippen molar-refractivity contribution in [1.29, 1.82) is 0 Å². The van der Waals surface area contributed by atoms with Gasteiger partial charge in [0.05, 0.1) is 0 Å². The van der Waals surface area contributed by atoms with Gasteiger partial charge in [-0.25, -0.2) is 0 Å². The van der Waals surface area contributed by atoms with E-state index in [0.717, 1.165) is 11.1 Å². The normalized spacial score (nSPS) is 7.91. The molecule has 1 aromatic rings. The topological polar surface area (TPSA) is 12.9 Å². The zero-order valence-electron chi connectivity index (χ0n) is 7.46. The van der Waals surface area contributed by atoms with Crippen LogP contribution in [0, 0.1) is 0 Å². The van der Waals surface area contributed by atoms with Crippen molar-refractivity contribution in [2.24, 2.45) is 0 Å². The van der Waals surface area contributed by atoms with Crippen LogP contribution in [-0.4, -0.2) is 4.98 Å². The summed E-state index contributed by atoms with van der Waals surface area (Å²) in [7, 11) is 0. The van der Waals surface area contributed by atoms with Gasteiger partial charge in [0.1, 0.15) is 0 Å². The highest BCUT2D eigenvalue weighted by molar-refractivity contribution is 5.59. The average Bonchev–Trinajstić information content (AvgIpc) is 2.10. The smallest absolute Gasteiger partial charge is 0.0342 e. The molecule has 11 heavy (non-hydrogen) atoms. The first-order valence-corrected chi connectivity index (χ1v) is 3.86. The minimum absolute atomic E-state index is 1.06. The second-order valence-corrected chi connectivity index (χ2v) is 2.02. The zero-order valence-corrected chi connectivity index (χ0v) is 7.46. The molecule has 0 spiro atoms. The van der Waals surface area contributed by atoms with E-state index >= 15 is 0 Å². The van der Waals surface area contributed by atoms with Crippen molar-refractivity contribution in [2.75, 3.05) is 0 Å². The van der Waals surface area contributed by atoms with E-state index in [4.69, 9.17) is 0 Å². The molecule has 0 aliphatic rings. The first-order valence-electron chi connectivity index (χ1n) is 3.86. The predicted octanol–water partition coefficient (Wildman–Crippen LogP) is 3.14. The zero-order chi connectivity index (χ0) is 8.69. The van der Waals surface area contributed by atoms with Crippen LogP contribution in [0.3, 0.4) is 0 Å². The van der Waals surface area contributed by atoms with Crippen LogP contribution in [-0.2, 0) is 0 Å². The fourth-order valence-electron chi connectivity index (χ4n) is 0.615. The van der Waals surface area contributed by atoms with Crippen molar-refractivity contribution in [3.8, 4) is 0 Å². The number of nitrogens with zero attached hydrogens (tertiary/aromatic N) is 1. The Morgan fingerprint density at radius 2 is 2.09 bits per heavy atom. The Morgan fingerprint density at radius 1 is 1.45 bits per heavy atom. The standard InChI is InChI=1S/C8H9N.C2H6/c1-7(2)8-4-3-5-9-6-8;1-2/h3-6H,1H2,2H3;1-2H3. The summed E-state index contributed by atoms with van der Waals surface area (Å²) in [6.07, 6.45) is 3.56. The summed E-state index contributed by atoms with van der Waals surface area (Å²) in [5, 5.41) is 0. The number of hydrogen-bond donors (Lipinski definition) is 0. The maximum absolute atomic E-state index is 3.95. The molecule has 1 nitrogen and oxygen atoms in total. The number of aromatic nitrogens is 1. The van der Waals surface area contributed by atoms with Crippen LogP contribution >= 0.6 is 0 Å². The summed E-state index contributed by atoms with van der Waals surface area (Å²) in [5.74, 6) is 0. The van der Waals surface area contributed by atoms with Gasteiger partial charge in [0.25, 0.3) is 0 Å². The van der Waals surface area contributed by atoms with Crippen molar-refractivity contribution in [1.82, 2.24) is 4.98 Å². The Kier molecular flexibility index (Phi) is 5.09. The Labute approximate surface area is 68.8 Å². The molecule has 0 aliphatic heterocycles. The van der Waals surface area contributed by atoms with Crippen LogP contribution in [0.1, 0.15) is 26.3 Å². The molecule has 0 saturated heterocycles. The average molecular weight is 149 g/mol. The summed E-state index contributed by atoms with van der Waals surface area (Å²) in [5.41, 5.74) is 2.17. The Hall–Kier alpha value is -1.11. The van der Waals surface area contributed by atoms with Crippen molar-refractivity contribution in [3.05, 3.63) is 36.7 Å². The second kappa shape index (κ2) is 5.66. The number of rotatable bonds is 1. The molecule has 1 heteroatoms. The van der Waals surface area contributed by atoms with Gasteiger partial charge in [0.15, 0.2) is 0 Å². The molecule has 1 rings (SSSR count). The van der Waals surface area contributed by atoms with E-state index in [1.807, 2.05) is 39.1 Å². The highest BCUT2D eigenvalue weighted by Crippen LogP contribution is 2.06. The fraction of sp³-hybridized carbons (Fsp3) is 0.300. The van der Waals surface area contributed by atoms with Crippen molar-refractivity contribution < 1.29 is 0 Å². The van der Waals surface area contributed by atoms with Crippen LogP contribution < -0.4 is 0 Å².